The van der Waals surface area contributed by atoms with Gasteiger partial charge in [-0.05, 0) is 13.3 Å². The number of hydrogen-bond donors (Lipinski definition) is 1. The van der Waals surface area contributed by atoms with Crippen molar-refractivity contribution in [2.24, 2.45) is 0 Å². The normalized spacial score (nSPS) is 21.3. The van der Waals surface area contributed by atoms with Crippen LogP contribution in [-0.2, 0) is 4.74 Å². The largest absolute Gasteiger partial charge is 0.388 e. The second kappa shape index (κ2) is 5.21. The Morgan fingerprint density at radius 2 is 2.44 bits per heavy atom. The van der Waals surface area contributed by atoms with Gasteiger partial charge in [0.2, 0.25) is 0 Å². The van der Waals surface area contributed by atoms with Crippen LogP contribution in [0, 0.1) is 10.1 Å². The molecular formula is C11H16N2O4S. The zero-order valence-corrected chi connectivity index (χ0v) is 11.1. The van der Waals surface area contributed by atoms with Gasteiger partial charge >= 0.3 is 5.69 Å². The summed E-state index contributed by atoms with van der Waals surface area (Å²) in [7, 11) is 1.65. The first-order valence-corrected chi connectivity index (χ1v) is 6.58. The SMILES string of the molecule is COC1CCN(c2sc([C@H](C)O)cc2[N+](=O)[O-])C1. The van der Waals surface area contributed by atoms with E-state index in [0.717, 1.165) is 13.0 Å². The maximum atomic E-state index is 11.0. The number of hydrogen-bond acceptors (Lipinski definition) is 6. The minimum Gasteiger partial charge on any atom is -0.388 e. The molecule has 1 aromatic heterocycles. The first-order valence-electron chi connectivity index (χ1n) is 5.77. The molecule has 6 nitrogen and oxygen atoms in total. The summed E-state index contributed by atoms with van der Waals surface area (Å²) in [6.45, 7) is 3.03. The molecule has 0 amide bonds. The lowest BCUT2D eigenvalue weighted by Crippen LogP contribution is -2.21. The van der Waals surface area contributed by atoms with Gasteiger partial charge in [0.05, 0.1) is 17.1 Å². The summed E-state index contributed by atoms with van der Waals surface area (Å²) in [4.78, 5) is 13.2. The summed E-state index contributed by atoms with van der Waals surface area (Å²) >= 11 is 1.28. The minimum atomic E-state index is -0.678. The van der Waals surface area contributed by atoms with E-state index >= 15 is 0 Å². The van der Waals surface area contributed by atoms with Gasteiger partial charge < -0.3 is 14.7 Å². The molecule has 1 unspecified atom stereocenters. The van der Waals surface area contributed by atoms with Crippen LogP contribution in [0.25, 0.3) is 0 Å². The fourth-order valence-corrected chi connectivity index (χ4v) is 3.16. The van der Waals surface area contributed by atoms with E-state index in [0.29, 0.717) is 16.4 Å². The van der Waals surface area contributed by atoms with Gasteiger partial charge in [0.1, 0.15) is 0 Å². The molecule has 2 heterocycles. The lowest BCUT2D eigenvalue weighted by Gasteiger charge is -2.15. The molecule has 7 heteroatoms. The Bertz CT molecular complexity index is 446. The number of rotatable bonds is 4. The molecule has 0 aromatic carbocycles. The van der Waals surface area contributed by atoms with E-state index in [9.17, 15) is 15.2 Å². The molecular weight excluding hydrogens is 256 g/mol. The van der Waals surface area contributed by atoms with Crippen molar-refractivity contribution in [3.05, 3.63) is 21.1 Å². The summed E-state index contributed by atoms with van der Waals surface area (Å²) < 4.78 is 5.26. The molecule has 0 bridgehead atoms. The van der Waals surface area contributed by atoms with Crippen LogP contribution in [0.1, 0.15) is 24.3 Å². The molecule has 1 N–H and O–H groups in total. The van der Waals surface area contributed by atoms with Gasteiger partial charge in [-0.2, -0.15) is 0 Å². The molecule has 0 radical (unpaired) electrons. The Morgan fingerprint density at radius 1 is 1.72 bits per heavy atom. The highest BCUT2D eigenvalue weighted by atomic mass is 32.1. The van der Waals surface area contributed by atoms with E-state index in [1.54, 1.807) is 14.0 Å². The molecule has 0 spiro atoms. The molecule has 0 saturated carbocycles. The number of aliphatic hydroxyl groups is 1. The summed E-state index contributed by atoms with van der Waals surface area (Å²) in [5.74, 6) is 0. The highest BCUT2D eigenvalue weighted by Crippen LogP contribution is 2.41. The Balaban J connectivity index is 2.28. The van der Waals surface area contributed by atoms with Gasteiger partial charge in [0, 0.05) is 31.1 Å². The van der Waals surface area contributed by atoms with E-state index in [2.05, 4.69) is 0 Å². The predicted molar refractivity (Wildman–Crippen MR) is 69.2 cm³/mol. The van der Waals surface area contributed by atoms with Crippen molar-refractivity contribution in [2.75, 3.05) is 25.1 Å². The van der Waals surface area contributed by atoms with Crippen molar-refractivity contribution >= 4 is 22.0 Å². The third kappa shape index (κ3) is 2.47. The Labute approximate surface area is 109 Å². The number of thiophene rings is 1. The standard InChI is InChI=1S/C11H16N2O4S/c1-7(14)10-5-9(13(15)16)11(18-10)12-4-3-8(6-12)17-2/h5,7-8,14H,3-4,6H2,1-2H3/t7-,8?/m0/s1. The van der Waals surface area contributed by atoms with Crippen molar-refractivity contribution in [3.63, 3.8) is 0 Å². The van der Waals surface area contributed by atoms with Gasteiger partial charge in [-0.25, -0.2) is 0 Å². The van der Waals surface area contributed by atoms with Gasteiger partial charge in [-0.15, -0.1) is 11.3 Å². The first-order chi connectivity index (χ1) is 8.52. The maximum Gasteiger partial charge on any atom is 0.304 e. The van der Waals surface area contributed by atoms with E-state index in [4.69, 9.17) is 4.74 Å². The van der Waals surface area contributed by atoms with Gasteiger partial charge in [0.25, 0.3) is 0 Å². The van der Waals surface area contributed by atoms with Crippen LogP contribution in [0.5, 0.6) is 0 Å². The highest BCUT2D eigenvalue weighted by molar-refractivity contribution is 7.16. The number of nitro groups is 1. The van der Waals surface area contributed by atoms with Crippen LogP contribution in [-0.4, -0.2) is 36.3 Å². The molecule has 1 saturated heterocycles. The van der Waals surface area contributed by atoms with Crippen LogP contribution >= 0.6 is 11.3 Å². The number of ether oxygens (including phenoxy) is 1. The predicted octanol–water partition coefficient (Wildman–Crippen LogP) is 1.93. The number of anilines is 1. The molecule has 100 valence electrons. The van der Waals surface area contributed by atoms with Crippen LogP contribution in [0.15, 0.2) is 6.07 Å². The monoisotopic (exact) mass is 272 g/mol. The van der Waals surface area contributed by atoms with Gasteiger partial charge in [-0.1, -0.05) is 0 Å². The molecule has 1 aliphatic heterocycles. The van der Waals surface area contributed by atoms with Crippen molar-refractivity contribution in [2.45, 2.75) is 25.6 Å². The smallest absolute Gasteiger partial charge is 0.304 e. The lowest BCUT2D eigenvalue weighted by atomic mass is 10.3. The van der Waals surface area contributed by atoms with Crippen molar-refractivity contribution in [1.82, 2.24) is 0 Å². The molecule has 1 aliphatic rings. The van der Waals surface area contributed by atoms with Crippen molar-refractivity contribution in [1.29, 1.82) is 0 Å². The average Bonchev–Trinajstić information content (AvgIpc) is 2.95. The molecule has 2 rings (SSSR count). The molecule has 2 atom stereocenters. The maximum absolute atomic E-state index is 11.0. The van der Waals surface area contributed by atoms with E-state index < -0.39 is 11.0 Å². The molecule has 18 heavy (non-hydrogen) atoms. The van der Waals surface area contributed by atoms with Crippen molar-refractivity contribution in [3.8, 4) is 0 Å². The fraction of sp³-hybridized carbons (Fsp3) is 0.636. The van der Waals surface area contributed by atoms with E-state index in [1.165, 1.54) is 17.4 Å². The topological polar surface area (TPSA) is 75.8 Å². The number of nitrogens with zero attached hydrogens (tertiary/aromatic N) is 2. The summed E-state index contributed by atoms with van der Waals surface area (Å²) in [6.07, 6.45) is 0.320. The fourth-order valence-electron chi connectivity index (χ4n) is 2.06. The van der Waals surface area contributed by atoms with E-state index in [-0.39, 0.29) is 11.8 Å². The Kier molecular flexibility index (Phi) is 3.84. The second-order valence-corrected chi connectivity index (χ2v) is 5.43. The minimum absolute atomic E-state index is 0.0765. The summed E-state index contributed by atoms with van der Waals surface area (Å²) in [6, 6.07) is 1.46. The third-order valence-electron chi connectivity index (χ3n) is 3.09. The van der Waals surface area contributed by atoms with Crippen LogP contribution in [0.3, 0.4) is 0 Å². The number of methoxy groups -OCH3 is 1. The third-order valence-corrected chi connectivity index (χ3v) is 4.44. The Morgan fingerprint density at radius 3 is 2.94 bits per heavy atom. The average molecular weight is 272 g/mol. The van der Waals surface area contributed by atoms with Crippen LogP contribution < -0.4 is 4.90 Å². The molecule has 1 fully saturated rings. The summed E-state index contributed by atoms with van der Waals surface area (Å²) in [5.41, 5.74) is 0.0765. The van der Waals surface area contributed by atoms with Crippen LogP contribution in [0.4, 0.5) is 10.7 Å². The highest BCUT2D eigenvalue weighted by Gasteiger charge is 2.30. The zero-order chi connectivity index (χ0) is 13.3. The Hall–Kier alpha value is -1.18. The van der Waals surface area contributed by atoms with Crippen LogP contribution in [0.2, 0.25) is 0 Å². The lowest BCUT2D eigenvalue weighted by molar-refractivity contribution is -0.383. The molecule has 1 aromatic rings. The zero-order valence-electron chi connectivity index (χ0n) is 10.3. The second-order valence-electron chi connectivity index (χ2n) is 4.36. The molecule has 0 aliphatic carbocycles. The summed E-state index contributed by atoms with van der Waals surface area (Å²) in [5, 5.41) is 21.2. The first kappa shape index (κ1) is 13.3. The van der Waals surface area contributed by atoms with Gasteiger partial charge in [-0.3, -0.25) is 10.1 Å². The van der Waals surface area contributed by atoms with Crippen molar-refractivity contribution < 1.29 is 14.8 Å². The number of aliphatic hydroxyl groups excluding tert-OH is 1. The van der Waals surface area contributed by atoms with E-state index in [1.807, 2.05) is 4.90 Å². The van der Waals surface area contributed by atoms with Gasteiger partial charge in [0.15, 0.2) is 5.00 Å². The quantitative estimate of drug-likeness (QED) is 0.669.